The maximum atomic E-state index is 11.6. The number of hydrogen-bond acceptors (Lipinski definition) is 5. The zero-order chi connectivity index (χ0) is 17.9. The van der Waals surface area contributed by atoms with Gasteiger partial charge in [0, 0.05) is 37.6 Å². The third-order valence-electron chi connectivity index (χ3n) is 4.76. The molecule has 2 aromatic carbocycles. The van der Waals surface area contributed by atoms with Crippen LogP contribution in [-0.4, -0.2) is 48.1 Å². The Balaban J connectivity index is 0.00000210. The van der Waals surface area contributed by atoms with E-state index in [1.54, 1.807) is 7.11 Å². The second kappa shape index (κ2) is 8.65. The molecule has 4 rings (SSSR count). The minimum atomic E-state index is -0.231. The SMILES string of the molecule is COc1ccc(N2CCN(c3ccc(-n4cn[nH]c4=O)cc3)CC2)cc1.[Na+]. The second-order valence-corrected chi connectivity index (χ2v) is 6.22. The van der Waals surface area contributed by atoms with Gasteiger partial charge in [0.15, 0.2) is 0 Å². The Bertz CT molecular complexity index is 912. The fourth-order valence-electron chi connectivity index (χ4n) is 3.27. The maximum Gasteiger partial charge on any atom is 1.00 e. The molecule has 0 radical (unpaired) electrons. The van der Waals surface area contributed by atoms with E-state index in [1.165, 1.54) is 22.3 Å². The molecule has 27 heavy (non-hydrogen) atoms. The first-order valence-corrected chi connectivity index (χ1v) is 8.61. The molecule has 1 N–H and O–H groups in total. The Labute approximate surface area is 179 Å². The van der Waals surface area contributed by atoms with E-state index in [4.69, 9.17) is 4.74 Å². The predicted molar refractivity (Wildman–Crippen MR) is 102 cm³/mol. The van der Waals surface area contributed by atoms with Crippen LogP contribution >= 0.6 is 0 Å². The van der Waals surface area contributed by atoms with Gasteiger partial charge in [0.05, 0.1) is 12.8 Å². The fraction of sp³-hybridized carbons (Fsp3) is 0.263. The molecule has 1 aromatic heterocycles. The van der Waals surface area contributed by atoms with Gasteiger partial charge in [0.1, 0.15) is 12.1 Å². The number of piperazine rings is 1. The van der Waals surface area contributed by atoms with E-state index < -0.39 is 0 Å². The number of nitrogens with zero attached hydrogens (tertiary/aromatic N) is 4. The van der Waals surface area contributed by atoms with Crippen molar-refractivity contribution in [2.75, 3.05) is 43.1 Å². The minimum Gasteiger partial charge on any atom is -0.497 e. The summed E-state index contributed by atoms with van der Waals surface area (Å²) in [5, 5.41) is 6.17. The number of H-pyrrole nitrogens is 1. The normalized spacial score (nSPS) is 14.0. The maximum absolute atomic E-state index is 11.6. The van der Waals surface area contributed by atoms with Crippen molar-refractivity contribution in [1.29, 1.82) is 0 Å². The molecule has 3 aromatic rings. The number of rotatable bonds is 4. The summed E-state index contributed by atoms with van der Waals surface area (Å²) in [6.07, 6.45) is 1.49. The first-order valence-electron chi connectivity index (χ1n) is 8.61. The van der Waals surface area contributed by atoms with Crippen LogP contribution in [0, 0.1) is 0 Å². The number of anilines is 2. The molecule has 0 bridgehead atoms. The molecule has 0 atom stereocenters. The third-order valence-corrected chi connectivity index (χ3v) is 4.76. The Morgan fingerprint density at radius 1 is 0.852 bits per heavy atom. The minimum absolute atomic E-state index is 0. The van der Waals surface area contributed by atoms with Crippen molar-refractivity contribution < 1.29 is 34.3 Å². The quantitative estimate of drug-likeness (QED) is 0.588. The molecule has 0 amide bonds. The van der Waals surface area contributed by atoms with E-state index in [-0.39, 0.29) is 35.2 Å². The Kier molecular flexibility index (Phi) is 6.26. The van der Waals surface area contributed by atoms with Crippen LogP contribution in [0.3, 0.4) is 0 Å². The second-order valence-electron chi connectivity index (χ2n) is 6.22. The van der Waals surface area contributed by atoms with Gasteiger partial charge in [-0.3, -0.25) is 0 Å². The number of methoxy groups -OCH3 is 1. The van der Waals surface area contributed by atoms with E-state index in [1.807, 2.05) is 24.3 Å². The molecule has 0 saturated carbocycles. The van der Waals surface area contributed by atoms with E-state index >= 15 is 0 Å². The summed E-state index contributed by atoms with van der Waals surface area (Å²) in [7, 11) is 1.68. The molecular weight excluding hydrogens is 353 g/mol. The molecule has 1 aliphatic heterocycles. The van der Waals surface area contributed by atoms with Gasteiger partial charge in [-0.15, -0.1) is 0 Å². The Morgan fingerprint density at radius 3 is 1.78 bits per heavy atom. The van der Waals surface area contributed by atoms with Gasteiger partial charge in [-0.1, -0.05) is 0 Å². The average molecular weight is 374 g/mol. The van der Waals surface area contributed by atoms with E-state index in [2.05, 4.69) is 44.3 Å². The zero-order valence-corrected chi connectivity index (χ0v) is 17.6. The van der Waals surface area contributed by atoms with Crippen molar-refractivity contribution in [3.05, 3.63) is 65.3 Å². The topological polar surface area (TPSA) is 66.4 Å². The predicted octanol–water partition coefficient (Wildman–Crippen LogP) is -1.10. The number of hydrogen-bond donors (Lipinski definition) is 1. The summed E-state index contributed by atoms with van der Waals surface area (Å²) in [6.45, 7) is 3.85. The van der Waals surface area contributed by atoms with Gasteiger partial charge in [-0.25, -0.2) is 14.5 Å². The van der Waals surface area contributed by atoms with Gasteiger partial charge in [0.2, 0.25) is 0 Å². The van der Waals surface area contributed by atoms with Gasteiger partial charge < -0.3 is 14.5 Å². The van der Waals surface area contributed by atoms with Crippen molar-refractivity contribution in [1.82, 2.24) is 14.8 Å². The van der Waals surface area contributed by atoms with Crippen molar-refractivity contribution >= 4 is 11.4 Å². The monoisotopic (exact) mass is 374 g/mol. The summed E-state index contributed by atoms with van der Waals surface area (Å²) >= 11 is 0. The van der Waals surface area contributed by atoms with Gasteiger partial charge in [0.25, 0.3) is 0 Å². The summed E-state index contributed by atoms with van der Waals surface area (Å²) in [6, 6.07) is 16.2. The van der Waals surface area contributed by atoms with Crippen LogP contribution in [0.5, 0.6) is 5.75 Å². The molecule has 1 saturated heterocycles. The van der Waals surface area contributed by atoms with Crippen LogP contribution < -0.4 is 49.8 Å². The van der Waals surface area contributed by atoms with Gasteiger partial charge >= 0.3 is 35.2 Å². The summed E-state index contributed by atoms with van der Waals surface area (Å²) in [5.74, 6) is 0.879. The molecule has 1 aliphatic rings. The molecule has 0 spiro atoms. The molecule has 1 fully saturated rings. The van der Waals surface area contributed by atoms with Gasteiger partial charge in [-0.05, 0) is 48.5 Å². The van der Waals surface area contributed by atoms with Crippen LogP contribution in [0.15, 0.2) is 59.7 Å². The number of ether oxygens (including phenoxy) is 1. The molecule has 2 heterocycles. The fourth-order valence-corrected chi connectivity index (χ4v) is 3.27. The molecule has 0 aliphatic carbocycles. The molecule has 7 nitrogen and oxygen atoms in total. The Hall–Kier alpha value is -2.22. The average Bonchev–Trinajstić information content (AvgIpc) is 3.14. The smallest absolute Gasteiger partial charge is 0.497 e. The molecule has 0 unspecified atom stereocenters. The molecule has 134 valence electrons. The van der Waals surface area contributed by atoms with E-state index in [9.17, 15) is 4.79 Å². The first-order chi connectivity index (χ1) is 12.7. The van der Waals surface area contributed by atoms with Crippen LogP contribution in [0.2, 0.25) is 0 Å². The first kappa shape index (κ1) is 19.5. The largest absolute Gasteiger partial charge is 1.00 e. The number of nitrogens with one attached hydrogen (secondary N) is 1. The van der Waals surface area contributed by atoms with Crippen LogP contribution in [0.25, 0.3) is 5.69 Å². The third kappa shape index (κ3) is 4.21. The van der Waals surface area contributed by atoms with Crippen molar-refractivity contribution in [3.8, 4) is 11.4 Å². The van der Waals surface area contributed by atoms with Crippen molar-refractivity contribution in [2.45, 2.75) is 0 Å². The summed E-state index contributed by atoms with van der Waals surface area (Å²) < 4.78 is 6.71. The number of aromatic amines is 1. The molecular formula is C19H21N5NaO2+. The van der Waals surface area contributed by atoms with E-state index in [0.29, 0.717) is 0 Å². The Morgan fingerprint density at radius 2 is 1.33 bits per heavy atom. The van der Waals surface area contributed by atoms with Crippen LogP contribution in [0.1, 0.15) is 0 Å². The summed E-state index contributed by atoms with van der Waals surface area (Å²) in [4.78, 5) is 16.4. The number of benzene rings is 2. The molecule has 8 heteroatoms. The standard InChI is InChI=1S/C19H21N5O2.Na/c1-26-18-8-6-16(7-9-18)23-12-10-22(11-13-23)15-2-4-17(5-3-15)24-14-20-21-19(24)25;/h2-9,14H,10-13H2,1H3,(H,21,25);/q;+1. The number of aromatic nitrogens is 3. The summed E-state index contributed by atoms with van der Waals surface area (Å²) in [5.41, 5.74) is 2.97. The van der Waals surface area contributed by atoms with Crippen molar-refractivity contribution in [3.63, 3.8) is 0 Å². The van der Waals surface area contributed by atoms with E-state index in [0.717, 1.165) is 37.6 Å². The van der Waals surface area contributed by atoms with Crippen LogP contribution in [0.4, 0.5) is 11.4 Å². The zero-order valence-electron chi connectivity index (χ0n) is 15.6. The van der Waals surface area contributed by atoms with Crippen molar-refractivity contribution in [2.24, 2.45) is 0 Å². The van der Waals surface area contributed by atoms with Crippen LogP contribution in [-0.2, 0) is 0 Å². The van der Waals surface area contributed by atoms with Gasteiger partial charge in [-0.2, -0.15) is 5.10 Å².